The molecule has 0 bridgehead atoms. The Hall–Kier alpha value is -0.510. The van der Waals surface area contributed by atoms with E-state index in [1.165, 1.54) is 32.1 Å². The molecule has 6 nitrogen and oxygen atoms in total. The zero-order chi connectivity index (χ0) is 19.2. The molecule has 0 saturated carbocycles. The van der Waals surface area contributed by atoms with Crippen molar-refractivity contribution in [2.75, 3.05) is 19.3 Å². The van der Waals surface area contributed by atoms with Crippen LogP contribution in [0.3, 0.4) is 0 Å². The predicted octanol–water partition coefficient (Wildman–Crippen LogP) is 4.47. The number of nitrogens with zero attached hydrogens (tertiary/aromatic N) is 4. The van der Waals surface area contributed by atoms with Gasteiger partial charge in [0.25, 0.3) is 0 Å². The van der Waals surface area contributed by atoms with Gasteiger partial charge in [0.15, 0.2) is 11.1 Å². The average Bonchev–Trinajstić information content (AvgIpc) is 2.99. The lowest BCUT2D eigenvalue weighted by molar-refractivity contribution is 0.477. The molecule has 27 heavy (non-hydrogen) atoms. The van der Waals surface area contributed by atoms with Gasteiger partial charge >= 0.3 is 0 Å². The summed E-state index contributed by atoms with van der Waals surface area (Å²) in [6, 6.07) is 0. The summed E-state index contributed by atoms with van der Waals surface area (Å²) in [6.45, 7) is 9.28. The number of thioether (sulfide) groups is 1. The molecule has 158 valence electrons. The first-order valence-electron chi connectivity index (χ1n) is 10.1. The van der Waals surface area contributed by atoms with Gasteiger partial charge in [0.2, 0.25) is 0 Å². The third-order valence-corrected chi connectivity index (χ3v) is 4.87. The predicted molar refractivity (Wildman–Crippen MR) is 128 cm³/mol. The quantitative estimate of drug-likeness (QED) is 0.127. The summed E-state index contributed by atoms with van der Waals surface area (Å²) in [5.41, 5.74) is 5.94. The molecule has 0 aliphatic carbocycles. The maximum absolute atomic E-state index is 5.94. The fraction of sp³-hybridized carbons (Fsp3) is 0.842. The number of aryl methyl sites for hydroxylation is 1. The minimum atomic E-state index is 0. The highest BCUT2D eigenvalue weighted by atomic mass is 127. The second kappa shape index (κ2) is 16.4. The number of hydrogen-bond donors (Lipinski definition) is 2. The number of nitrogens with one attached hydrogen (secondary N) is 1. The molecule has 0 aliphatic heterocycles. The second-order valence-corrected chi connectivity index (χ2v) is 7.95. The Morgan fingerprint density at radius 1 is 1.15 bits per heavy atom. The van der Waals surface area contributed by atoms with Gasteiger partial charge in [-0.15, -0.1) is 34.2 Å². The van der Waals surface area contributed by atoms with Crippen LogP contribution in [-0.2, 0) is 13.0 Å². The van der Waals surface area contributed by atoms with Gasteiger partial charge in [-0.25, -0.2) is 0 Å². The molecule has 0 aliphatic rings. The molecule has 1 rings (SSSR count). The SMILES string of the molecule is CCCCCCCCNC(N)=NCCCc1nnc(SC)n1CC(C)C.I. The fourth-order valence-corrected chi connectivity index (χ4v) is 3.34. The molecule has 0 radical (unpaired) electrons. The molecule has 1 aromatic heterocycles. The van der Waals surface area contributed by atoms with E-state index in [2.05, 4.69) is 45.8 Å². The fourth-order valence-electron chi connectivity index (χ4n) is 2.82. The normalized spacial score (nSPS) is 11.7. The zero-order valence-corrected chi connectivity index (χ0v) is 20.7. The van der Waals surface area contributed by atoms with Gasteiger partial charge in [0.1, 0.15) is 5.82 Å². The van der Waals surface area contributed by atoms with Crippen LogP contribution in [0.15, 0.2) is 10.1 Å². The van der Waals surface area contributed by atoms with Crippen molar-refractivity contribution in [2.45, 2.75) is 83.8 Å². The van der Waals surface area contributed by atoms with Crippen LogP contribution in [0.2, 0.25) is 0 Å². The summed E-state index contributed by atoms with van der Waals surface area (Å²) in [7, 11) is 0. The Balaban J connectivity index is 0.00000676. The van der Waals surface area contributed by atoms with Crippen molar-refractivity contribution >= 4 is 41.7 Å². The molecule has 0 fully saturated rings. The minimum Gasteiger partial charge on any atom is -0.370 e. The Kier molecular flexibility index (Phi) is 16.1. The van der Waals surface area contributed by atoms with Gasteiger partial charge in [0, 0.05) is 26.1 Å². The Labute approximate surface area is 187 Å². The van der Waals surface area contributed by atoms with Gasteiger partial charge in [-0.05, 0) is 25.0 Å². The molecule has 0 spiro atoms. The van der Waals surface area contributed by atoms with Gasteiger partial charge in [-0.2, -0.15) is 0 Å². The number of aromatic nitrogens is 3. The van der Waals surface area contributed by atoms with E-state index in [-0.39, 0.29) is 24.0 Å². The highest BCUT2D eigenvalue weighted by Crippen LogP contribution is 2.16. The summed E-state index contributed by atoms with van der Waals surface area (Å²) >= 11 is 1.65. The smallest absolute Gasteiger partial charge is 0.190 e. The van der Waals surface area contributed by atoms with E-state index >= 15 is 0 Å². The molecule has 0 saturated heterocycles. The van der Waals surface area contributed by atoms with E-state index in [0.29, 0.717) is 11.9 Å². The van der Waals surface area contributed by atoms with E-state index in [1.54, 1.807) is 11.8 Å². The first kappa shape index (κ1) is 26.5. The number of halogens is 1. The zero-order valence-electron chi connectivity index (χ0n) is 17.5. The van der Waals surface area contributed by atoms with Crippen LogP contribution >= 0.6 is 35.7 Å². The van der Waals surface area contributed by atoms with Crippen molar-refractivity contribution in [3.63, 3.8) is 0 Å². The van der Waals surface area contributed by atoms with Crippen molar-refractivity contribution in [3.05, 3.63) is 5.82 Å². The highest BCUT2D eigenvalue weighted by molar-refractivity contribution is 14.0. The Morgan fingerprint density at radius 2 is 1.85 bits per heavy atom. The maximum Gasteiger partial charge on any atom is 0.190 e. The Morgan fingerprint density at radius 3 is 2.52 bits per heavy atom. The number of rotatable bonds is 14. The molecule has 1 heterocycles. The summed E-state index contributed by atoms with van der Waals surface area (Å²) in [4.78, 5) is 4.42. The number of nitrogens with two attached hydrogens (primary N) is 1. The van der Waals surface area contributed by atoms with Crippen molar-refractivity contribution < 1.29 is 0 Å². The summed E-state index contributed by atoms with van der Waals surface area (Å²) in [6.07, 6.45) is 11.6. The lowest BCUT2D eigenvalue weighted by Gasteiger charge is -2.11. The third kappa shape index (κ3) is 11.8. The molecule has 0 unspecified atom stereocenters. The van der Waals surface area contributed by atoms with Crippen LogP contribution in [0.5, 0.6) is 0 Å². The van der Waals surface area contributed by atoms with Gasteiger partial charge in [-0.1, -0.05) is 64.6 Å². The van der Waals surface area contributed by atoms with E-state index in [1.807, 2.05) is 6.26 Å². The van der Waals surface area contributed by atoms with Crippen LogP contribution in [0.4, 0.5) is 0 Å². The van der Waals surface area contributed by atoms with Crippen LogP contribution in [0.1, 0.15) is 71.5 Å². The maximum atomic E-state index is 5.94. The number of unbranched alkanes of at least 4 members (excludes halogenated alkanes) is 5. The average molecular weight is 511 g/mol. The monoisotopic (exact) mass is 510 g/mol. The van der Waals surface area contributed by atoms with Crippen LogP contribution in [0.25, 0.3) is 0 Å². The van der Waals surface area contributed by atoms with E-state index in [9.17, 15) is 0 Å². The van der Waals surface area contributed by atoms with E-state index in [4.69, 9.17) is 5.73 Å². The van der Waals surface area contributed by atoms with Gasteiger partial charge in [-0.3, -0.25) is 4.99 Å². The van der Waals surface area contributed by atoms with Crippen LogP contribution < -0.4 is 11.1 Å². The molecule has 1 aromatic rings. The first-order chi connectivity index (χ1) is 12.6. The first-order valence-corrected chi connectivity index (χ1v) is 11.3. The van der Waals surface area contributed by atoms with Crippen molar-refractivity contribution in [1.29, 1.82) is 0 Å². The summed E-state index contributed by atoms with van der Waals surface area (Å²) in [5, 5.41) is 12.8. The Bertz CT molecular complexity index is 518. The molecule has 0 aromatic carbocycles. The molecule has 3 N–H and O–H groups in total. The second-order valence-electron chi connectivity index (χ2n) is 7.17. The summed E-state index contributed by atoms with van der Waals surface area (Å²) < 4.78 is 2.24. The standard InChI is InChI=1S/C19H38N6S.HI/c1-5-6-7-8-9-10-13-21-18(20)22-14-11-12-17-23-24-19(26-4)25(17)15-16(2)3;/h16H,5-15H2,1-4H3,(H3,20,21,22);1H. The number of hydrogen-bond acceptors (Lipinski definition) is 4. The molecule has 8 heteroatoms. The van der Waals surface area contributed by atoms with E-state index < -0.39 is 0 Å². The van der Waals surface area contributed by atoms with Crippen molar-refractivity contribution in [3.8, 4) is 0 Å². The number of aliphatic imine (C=N–C) groups is 1. The molecular weight excluding hydrogens is 471 g/mol. The van der Waals surface area contributed by atoms with Gasteiger partial charge in [0.05, 0.1) is 0 Å². The number of guanidine groups is 1. The third-order valence-electron chi connectivity index (χ3n) is 4.20. The lowest BCUT2D eigenvalue weighted by Crippen LogP contribution is -2.32. The largest absolute Gasteiger partial charge is 0.370 e. The van der Waals surface area contributed by atoms with Crippen molar-refractivity contribution in [1.82, 2.24) is 20.1 Å². The molecular formula is C19H39IN6S. The van der Waals surface area contributed by atoms with Crippen LogP contribution in [-0.4, -0.2) is 40.1 Å². The molecule has 0 amide bonds. The van der Waals surface area contributed by atoms with E-state index in [0.717, 1.165) is 49.9 Å². The van der Waals surface area contributed by atoms with Crippen LogP contribution in [0, 0.1) is 5.92 Å². The molecule has 0 atom stereocenters. The summed E-state index contributed by atoms with van der Waals surface area (Å²) in [5.74, 6) is 2.19. The lowest BCUT2D eigenvalue weighted by atomic mass is 10.1. The van der Waals surface area contributed by atoms with Crippen molar-refractivity contribution in [2.24, 2.45) is 16.6 Å². The topological polar surface area (TPSA) is 81.1 Å². The van der Waals surface area contributed by atoms with Gasteiger partial charge < -0.3 is 15.6 Å². The minimum absolute atomic E-state index is 0. The highest BCUT2D eigenvalue weighted by Gasteiger charge is 2.12.